The molecule has 0 bridgehead atoms. The van der Waals surface area contributed by atoms with Crippen LogP contribution in [0.1, 0.15) is 11.7 Å². The predicted octanol–water partition coefficient (Wildman–Crippen LogP) is 1.64. The highest BCUT2D eigenvalue weighted by molar-refractivity contribution is 5.88. The van der Waals surface area contributed by atoms with E-state index in [0.29, 0.717) is 17.1 Å². The van der Waals surface area contributed by atoms with Crippen molar-refractivity contribution in [2.24, 2.45) is 16.5 Å². The predicted molar refractivity (Wildman–Crippen MR) is 105 cm³/mol. The second-order valence-corrected chi connectivity index (χ2v) is 6.21. The van der Waals surface area contributed by atoms with Crippen LogP contribution >= 0.6 is 0 Å². The van der Waals surface area contributed by atoms with Gasteiger partial charge in [0.15, 0.2) is 6.17 Å². The van der Waals surface area contributed by atoms with Crippen molar-refractivity contribution < 1.29 is 13.9 Å². The fraction of sp³-hybridized carbons (Fsp3) is 0.100. The highest BCUT2D eigenvalue weighted by Crippen LogP contribution is 2.33. The van der Waals surface area contributed by atoms with Crippen molar-refractivity contribution in [2.75, 3.05) is 17.3 Å². The van der Waals surface area contributed by atoms with Crippen molar-refractivity contribution >= 4 is 23.2 Å². The minimum absolute atomic E-state index is 0.417. The van der Waals surface area contributed by atoms with E-state index in [1.807, 2.05) is 41.3 Å². The lowest BCUT2D eigenvalue weighted by Crippen LogP contribution is -2.43. The van der Waals surface area contributed by atoms with Gasteiger partial charge in [-0.25, -0.2) is 9.79 Å². The van der Waals surface area contributed by atoms with Crippen molar-refractivity contribution in [3.05, 3.63) is 77.2 Å². The standard InChI is InChI=1S/C20H19N5O3/c1-27-15-8-2-12(3-9-15)18-24-19-16(10-11-28-19)17(21)25(18)14-6-4-13(5-7-14)23-20(22)26/h2-11,18H,21H2,1H3,(H3,22,23,26). The minimum Gasteiger partial charge on any atom is -0.497 e. The summed E-state index contributed by atoms with van der Waals surface area (Å²) in [5.41, 5.74) is 14.5. The summed E-state index contributed by atoms with van der Waals surface area (Å²) in [6.07, 6.45) is 1.15. The molecule has 2 amide bonds. The Hall–Kier alpha value is -3.94. The summed E-state index contributed by atoms with van der Waals surface area (Å²) in [4.78, 5) is 17.7. The zero-order valence-corrected chi connectivity index (χ0v) is 15.1. The molecule has 142 valence electrons. The normalized spacial score (nSPS) is 15.5. The maximum absolute atomic E-state index is 11.0. The van der Waals surface area contributed by atoms with Gasteiger partial charge in [-0.3, -0.25) is 0 Å². The number of urea groups is 1. The molecule has 0 aliphatic carbocycles. The Labute approximate surface area is 160 Å². The van der Waals surface area contributed by atoms with E-state index in [0.717, 1.165) is 22.2 Å². The highest BCUT2D eigenvalue weighted by Gasteiger charge is 2.27. The summed E-state index contributed by atoms with van der Waals surface area (Å²) in [6.45, 7) is 0. The van der Waals surface area contributed by atoms with Gasteiger partial charge < -0.3 is 30.8 Å². The first-order valence-electron chi connectivity index (χ1n) is 8.57. The molecule has 5 N–H and O–H groups in total. The first-order valence-corrected chi connectivity index (χ1v) is 8.57. The SMILES string of the molecule is COc1ccc(C2N=c3occc3=C(N)N2c2ccc(NC(N)=O)cc2)cc1. The Morgan fingerprint density at radius 3 is 2.50 bits per heavy atom. The number of nitrogens with one attached hydrogen (secondary N) is 1. The topological polar surface area (TPSA) is 119 Å². The number of primary amides is 1. The Balaban J connectivity index is 1.80. The number of ether oxygens (including phenoxy) is 1. The number of hydrogen-bond donors (Lipinski definition) is 3. The summed E-state index contributed by atoms with van der Waals surface area (Å²) in [7, 11) is 1.62. The molecule has 1 atom stereocenters. The lowest BCUT2D eigenvalue weighted by atomic mass is 10.1. The summed E-state index contributed by atoms with van der Waals surface area (Å²) < 4.78 is 10.7. The van der Waals surface area contributed by atoms with Gasteiger partial charge >= 0.3 is 6.03 Å². The summed E-state index contributed by atoms with van der Waals surface area (Å²) >= 11 is 0. The zero-order chi connectivity index (χ0) is 19.7. The van der Waals surface area contributed by atoms with Crippen LogP contribution in [0.15, 0.2) is 70.3 Å². The van der Waals surface area contributed by atoms with Crippen LogP contribution in [-0.2, 0) is 0 Å². The summed E-state index contributed by atoms with van der Waals surface area (Å²) in [6, 6.07) is 16.0. The second kappa shape index (κ2) is 6.99. The Bertz CT molecular complexity index is 1120. The van der Waals surface area contributed by atoms with E-state index >= 15 is 0 Å². The molecule has 2 aromatic carbocycles. The molecule has 1 aromatic heterocycles. The highest BCUT2D eigenvalue weighted by atomic mass is 16.5. The quantitative estimate of drug-likeness (QED) is 0.639. The van der Waals surface area contributed by atoms with Gasteiger partial charge in [0.2, 0.25) is 5.55 Å². The van der Waals surface area contributed by atoms with E-state index in [-0.39, 0.29) is 0 Å². The lowest BCUT2D eigenvalue weighted by molar-refractivity contribution is 0.259. The number of benzene rings is 2. The molecule has 8 nitrogen and oxygen atoms in total. The molecule has 8 heteroatoms. The second-order valence-electron chi connectivity index (χ2n) is 6.21. The Morgan fingerprint density at radius 1 is 1.14 bits per heavy atom. The molecule has 1 unspecified atom stereocenters. The van der Waals surface area contributed by atoms with Crippen LogP contribution in [0.2, 0.25) is 0 Å². The largest absolute Gasteiger partial charge is 0.497 e. The smallest absolute Gasteiger partial charge is 0.316 e. The van der Waals surface area contributed by atoms with E-state index < -0.39 is 12.2 Å². The molecule has 4 rings (SSSR count). The molecule has 2 heterocycles. The van der Waals surface area contributed by atoms with Crippen LogP contribution in [0.4, 0.5) is 16.2 Å². The van der Waals surface area contributed by atoms with Gasteiger partial charge in [-0.15, -0.1) is 0 Å². The van der Waals surface area contributed by atoms with Gasteiger partial charge in [-0.1, -0.05) is 12.1 Å². The van der Waals surface area contributed by atoms with E-state index in [1.54, 1.807) is 31.6 Å². The van der Waals surface area contributed by atoms with Gasteiger partial charge in [0.05, 0.1) is 18.6 Å². The van der Waals surface area contributed by atoms with Crippen LogP contribution < -0.4 is 37.2 Å². The third-order valence-electron chi connectivity index (χ3n) is 4.49. The molecule has 0 fully saturated rings. The molecule has 0 radical (unpaired) electrons. The van der Waals surface area contributed by atoms with Crippen molar-refractivity contribution in [1.29, 1.82) is 0 Å². The zero-order valence-electron chi connectivity index (χ0n) is 15.1. The van der Waals surface area contributed by atoms with E-state index in [2.05, 4.69) is 5.32 Å². The fourth-order valence-electron chi connectivity index (χ4n) is 3.15. The van der Waals surface area contributed by atoms with Gasteiger partial charge in [0.25, 0.3) is 0 Å². The maximum Gasteiger partial charge on any atom is 0.316 e. The van der Waals surface area contributed by atoms with E-state index in [1.165, 1.54) is 0 Å². The third kappa shape index (κ3) is 3.11. The van der Waals surface area contributed by atoms with Crippen LogP contribution in [0, 0.1) is 0 Å². The molecule has 0 spiro atoms. The number of carbonyl (C=O) groups excluding carboxylic acids is 1. The molecule has 0 saturated heterocycles. The lowest BCUT2D eigenvalue weighted by Gasteiger charge is -2.33. The summed E-state index contributed by atoms with van der Waals surface area (Å²) in [5.74, 6) is 1.28. The number of hydrogen-bond acceptors (Lipinski definition) is 6. The first kappa shape index (κ1) is 17.5. The van der Waals surface area contributed by atoms with Crippen LogP contribution in [0.3, 0.4) is 0 Å². The number of furan rings is 1. The number of anilines is 2. The number of methoxy groups -OCH3 is 1. The average Bonchev–Trinajstić information content (AvgIpc) is 3.17. The number of fused-ring (bicyclic) bond motifs is 1. The van der Waals surface area contributed by atoms with E-state index in [9.17, 15) is 4.79 Å². The van der Waals surface area contributed by atoms with E-state index in [4.69, 9.17) is 25.6 Å². The monoisotopic (exact) mass is 377 g/mol. The number of rotatable bonds is 4. The van der Waals surface area contributed by atoms with Crippen molar-refractivity contribution in [2.45, 2.75) is 6.17 Å². The van der Waals surface area contributed by atoms with Crippen molar-refractivity contribution in [3.8, 4) is 5.75 Å². The molecule has 1 aliphatic heterocycles. The molecule has 28 heavy (non-hydrogen) atoms. The average molecular weight is 377 g/mol. The minimum atomic E-state index is -0.619. The number of carbonyl (C=O) groups is 1. The van der Waals surface area contributed by atoms with Gasteiger partial charge in [0.1, 0.15) is 11.6 Å². The van der Waals surface area contributed by atoms with Gasteiger partial charge in [0, 0.05) is 11.4 Å². The molecule has 1 aliphatic rings. The first-order chi connectivity index (χ1) is 13.6. The van der Waals surface area contributed by atoms with Crippen molar-refractivity contribution in [1.82, 2.24) is 0 Å². The van der Waals surface area contributed by atoms with Gasteiger partial charge in [-0.05, 0) is 48.0 Å². The number of nitrogens with zero attached hydrogens (tertiary/aromatic N) is 2. The maximum atomic E-state index is 11.0. The van der Waals surface area contributed by atoms with Crippen LogP contribution in [0.5, 0.6) is 5.75 Å². The number of amides is 2. The Kier molecular flexibility index (Phi) is 4.36. The van der Waals surface area contributed by atoms with Crippen LogP contribution in [0.25, 0.3) is 5.82 Å². The van der Waals surface area contributed by atoms with Crippen LogP contribution in [-0.4, -0.2) is 13.1 Å². The summed E-state index contributed by atoms with van der Waals surface area (Å²) in [5, 5.41) is 3.27. The molecule has 3 aromatic rings. The Morgan fingerprint density at radius 2 is 1.86 bits per heavy atom. The third-order valence-corrected chi connectivity index (χ3v) is 4.49. The molecular formula is C20H19N5O3. The van der Waals surface area contributed by atoms with Crippen molar-refractivity contribution in [3.63, 3.8) is 0 Å². The molecular weight excluding hydrogens is 358 g/mol. The fourth-order valence-corrected chi connectivity index (χ4v) is 3.15. The molecule has 0 saturated carbocycles. The van der Waals surface area contributed by atoms with Gasteiger partial charge in [-0.2, -0.15) is 0 Å². The number of nitrogens with two attached hydrogens (primary N) is 2.